The maximum atomic E-state index is 11.2. The lowest BCUT2D eigenvalue weighted by atomic mass is 10.1. The van der Waals surface area contributed by atoms with Gasteiger partial charge in [0.1, 0.15) is 0 Å². The van der Waals surface area contributed by atoms with E-state index in [4.69, 9.17) is 5.53 Å². The van der Waals surface area contributed by atoms with E-state index in [1.807, 2.05) is 24.3 Å². The lowest BCUT2D eigenvalue weighted by Crippen LogP contribution is -2.04. The Morgan fingerprint density at radius 1 is 1.60 bits per heavy atom. The quantitative estimate of drug-likeness (QED) is 0.362. The molecule has 0 bridgehead atoms. The highest BCUT2D eigenvalue weighted by Gasteiger charge is 2.13. The molecule has 78 valence electrons. The van der Waals surface area contributed by atoms with Crippen molar-refractivity contribution in [3.8, 4) is 0 Å². The van der Waals surface area contributed by atoms with Gasteiger partial charge < -0.3 is 5.53 Å². The summed E-state index contributed by atoms with van der Waals surface area (Å²) in [7, 11) is 0. The summed E-state index contributed by atoms with van der Waals surface area (Å²) in [5, 5.41) is 0. The summed E-state index contributed by atoms with van der Waals surface area (Å²) in [6.45, 7) is 0. The van der Waals surface area contributed by atoms with Gasteiger partial charge in [-0.3, -0.25) is 4.79 Å². The molecule has 0 aromatic heterocycles. The summed E-state index contributed by atoms with van der Waals surface area (Å²) in [6.07, 6.45) is 1.17. The first-order valence-corrected chi connectivity index (χ1v) is 5.94. The predicted molar refractivity (Wildman–Crippen MR) is 65.1 cm³/mol. The van der Waals surface area contributed by atoms with Crippen molar-refractivity contribution >= 4 is 43.9 Å². The fourth-order valence-electron chi connectivity index (χ4n) is 1.11. The average Bonchev–Trinajstić information content (AvgIpc) is 2.18. The second kappa shape index (κ2) is 5.95. The van der Waals surface area contributed by atoms with Gasteiger partial charge in [0.25, 0.3) is 0 Å². The van der Waals surface area contributed by atoms with Gasteiger partial charge in [-0.1, -0.05) is 44.0 Å². The van der Waals surface area contributed by atoms with Gasteiger partial charge >= 0.3 is 6.21 Å². The van der Waals surface area contributed by atoms with E-state index in [0.29, 0.717) is 0 Å². The van der Waals surface area contributed by atoms with Crippen LogP contribution in [0.5, 0.6) is 0 Å². The van der Waals surface area contributed by atoms with Crippen molar-refractivity contribution in [2.75, 3.05) is 0 Å². The summed E-state index contributed by atoms with van der Waals surface area (Å²) in [5.41, 5.74) is 9.19. The third-order valence-electron chi connectivity index (χ3n) is 1.79. The molecular formula is C10H8Br2N2O. The minimum Gasteiger partial charge on any atom is -0.361 e. The molecule has 15 heavy (non-hydrogen) atoms. The van der Waals surface area contributed by atoms with Crippen molar-refractivity contribution < 1.29 is 9.58 Å². The number of halogens is 2. The number of hydrogen-bond acceptors (Lipinski definition) is 1. The first-order valence-electron chi connectivity index (χ1n) is 4.23. The van der Waals surface area contributed by atoms with Crippen molar-refractivity contribution in [3.63, 3.8) is 0 Å². The molecule has 1 aromatic carbocycles. The van der Waals surface area contributed by atoms with E-state index in [9.17, 15) is 4.79 Å². The van der Waals surface area contributed by atoms with Gasteiger partial charge in [0.05, 0.1) is 0 Å². The molecule has 5 heteroatoms. The van der Waals surface area contributed by atoms with Gasteiger partial charge in [-0.25, -0.2) is 0 Å². The molecule has 0 amide bonds. The van der Waals surface area contributed by atoms with Crippen molar-refractivity contribution in [1.82, 2.24) is 0 Å². The molecule has 0 fully saturated rings. The molecule has 0 saturated heterocycles. The lowest BCUT2D eigenvalue weighted by molar-refractivity contribution is -0.116. The van der Waals surface area contributed by atoms with Crippen LogP contribution in [-0.2, 0) is 4.79 Å². The van der Waals surface area contributed by atoms with Crippen LogP contribution >= 0.6 is 31.9 Å². The monoisotopic (exact) mass is 330 g/mol. The van der Waals surface area contributed by atoms with Crippen molar-refractivity contribution in [2.24, 2.45) is 0 Å². The number of carbonyl (C=O) groups excluding carboxylic acids is 1. The Morgan fingerprint density at radius 3 is 2.93 bits per heavy atom. The van der Waals surface area contributed by atoms with E-state index in [2.05, 4.69) is 36.6 Å². The standard InChI is InChI=1S/C10H8Br2N2O/c11-8-3-1-2-7(4-8)10(12)5-9(15)6-14-13/h1-4,6,10H,5H2. The Kier molecular flexibility index (Phi) is 4.88. The maximum absolute atomic E-state index is 11.2. The summed E-state index contributed by atoms with van der Waals surface area (Å²) in [6, 6.07) is 7.68. The fraction of sp³-hybridized carbons (Fsp3) is 0.200. The van der Waals surface area contributed by atoms with Crippen molar-refractivity contribution in [1.29, 1.82) is 0 Å². The Balaban J connectivity index is 2.72. The second-order valence-corrected chi connectivity index (χ2v) is 4.96. The largest absolute Gasteiger partial charge is 0.361 e. The molecule has 0 N–H and O–H groups in total. The van der Waals surface area contributed by atoms with Crippen LogP contribution in [0.15, 0.2) is 28.7 Å². The van der Waals surface area contributed by atoms with Crippen LogP contribution in [0.25, 0.3) is 5.53 Å². The summed E-state index contributed by atoms with van der Waals surface area (Å²) in [4.78, 5) is 13.8. The maximum Gasteiger partial charge on any atom is 0.323 e. The first-order chi connectivity index (χ1) is 7.13. The van der Waals surface area contributed by atoms with Gasteiger partial charge in [0.2, 0.25) is 5.78 Å². The molecule has 0 aliphatic rings. The number of Topliss-reactive ketones (excluding diaryl/α,β-unsaturated/α-hetero) is 1. The van der Waals surface area contributed by atoms with Crippen LogP contribution < -0.4 is 0 Å². The van der Waals surface area contributed by atoms with Crippen LogP contribution in [0, 0.1) is 0 Å². The molecule has 1 unspecified atom stereocenters. The van der Waals surface area contributed by atoms with E-state index in [0.717, 1.165) is 16.3 Å². The topological polar surface area (TPSA) is 53.5 Å². The molecule has 0 radical (unpaired) electrons. The van der Waals surface area contributed by atoms with Gasteiger partial charge in [-0.05, 0) is 17.7 Å². The molecule has 1 aromatic rings. The Hall–Kier alpha value is -0.770. The zero-order chi connectivity index (χ0) is 11.3. The number of benzene rings is 1. The first kappa shape index (κ1) is 12.3. The van der Waals surface area contributed by atoms with Gasteiger partial charge in [0.15, 0.2) is 0 Å². The minimum atomic E-state index is -0.223. The number of hydrogen-bond donors (Lipinski definition) is 0. The molecule has 1 atom stereocenters. The molecule has 0 aliphatic carbocycles. The molecule has 0 saturated carbocycles. The lowest BCUT2D eigenvalue weighted by Gasteiger charge is -2.06. The highest BCUT2D eigenvalue weighted by molar-refractivity contribution is 9.10. The summed E-state index contributed by atoms with van der Waals surface area (Å²) < 4.78 is 0.965. The number of ketones is 1. The third-order valence-corrected chi connectivity index (χ3v) is 3.14. The van der Waals surface area contributed by atoms with Crippen LogP contribution in [0.2, 0.25) is 0 Å². The summed E-state index contributed by atoms with van der Waals surface area (Å²) >= 11 is 6.76. The summed E-state index contributed by atoms with van der Waals surface area (Å²) in [5.74, 6) is -0.223. The van der Waals surface area contributed by atoms with Crippen LogP contribution in [0.1, 0.15) is 16.8 Å². The SMILES string of the molecule is [N-]=[N+]=CC(=O)CC(Br)c1cccc(Br)c1. The Morgan fingerprint density at radius 2 is 2.33 bits per heavy atom. The zero-order valence-electron chi connectivity index (χ0n) is 7.73. The highest BCUT2D eigenvalue weighted by Crippen LogP contribution is 2.28. The minimum absolute atomic E-state index is 0.0690. The molecular weight excluding hydrogens is 324 g/mol. The van der Waals surface area contributed by atoms with Crippen molar-refractivity contribution in [2.45, 2.75) is 11.2 Å². The van der Waals surface area contributed by atoms with Crippen molar-refractivity contribution in [3.05, 3.63) is 39.8 Å². The van der Waals surface area contributed by atoms with E-state index in [1.54, 1.807) is 0 Å². The second-order valence-electron chi connectivity index (χ2n) is 2.94. The smallest absolute Gasteiger partial charge is 0.323 e. The Labute approximate surface area is 104 Å². The number of rotatable bonds is 4. The van der Waals surface area contributed by atoms with Gasteiger partial charge in [-0.15, -0.1) is 0 Å². The fourth-order valence-corrected chi connectivity index (χ4v) is 2.13. The Bertz CT molecular complexity index is 414. The number of carbonyl (C=O) groups is 1. The van der Waals surface area contributed by atoms with E-state index in [-0.39, 0.29) is 17.0 Å². The van der Waals surface area contributed by atoms with E-state index >= 15 is 0 Å². The predicted octanol–water partition coefficient (Wildman–Crippen LogP) is 3.14. The molecule has 0 aliphatic heterocycles. The van der Waals surface area contributed by atoms with E-state index < -0.39 is 0 Å². The molecule has 0 spiro atoms. The third kappa shape index (κ3) is 4.08. The number of alkyl halides is 1. The zero-order valence-corrected chi connectivity index (χ0v) is 10.9. The normalized spacial score (nSPS) is 11.6. The van der Waals surface area contributed by atoms with Crippen LogP contribution in [0.4, 0.5) is 0 Å². The number of nitrogens with zero attached hydrogens (tertiary/aromatic N) is 2. The molecule has 0 heterocycles. The van der Waals surface area contributed by atoms with E-state index in [1.165, 1.54) is 0 Å². The van der Waals surface area contributed by atoms with Gasteiger partial charge in [0, 0.05) is 15.7 Å². The molecule has 1 rings (SSSR count). The highest BCUT2D eigenvalue weighted by atomic mass is 79.9. The molecule has 3 nitrogen and oxygen atoms in total. The average molecular weight is 332 g/mol. The van der Waals surface area contributed by atoms with Crippen LogP contribution in [-0.4, -0.2) is 16.8 Å². The van der Waals surface area contributed by atoms with Crippen LogP contribution in [0.3, 0.4) is 0 Å². The van der Waals surface area contributed by atoms with Gasteiger partial charge in [-0.2, -0.15) is 4.79 Å².